The van der Waals surface area contributed by atoms with Gasteiger partial charge in [0.15, 0.2) is 5.03 Å². The van der Waals surface area contributed by atoms with Gasteiger partial charge < -0.3 is 5.11 Å². The third-order valence-corrected chi connectivity index (χ3v) is 8.62. The zero-order valence-electron chi connectivity index (χ0n) is 20.9. The molecule has 0 saturated carbocycles. The number of sulfonamides is 1. The highest BCUT2D eigenvalue weighted by atomic mass is 32.2. The predicted molar refractivity (Wildman–Crippen MR) is 132 cm³/mol. The standard InChI is InChI=1S/C26H30F2N4O3S/c1-15-13-25(3,4)26(5,21-10-7-11-22(30-21)36(34,35)29-14-16(2)33)24-17(15)12-20(31-32-24)23-18(27)8-6-9-19(23)28/h6-12,15-16,29,33H,13-14H2,1-5H3/t15-,16-,26+/m1/s1. The van der Waals surface area contributed by atoms with Crippen LogP contribution in [0.3, 0.4) is 0 Å². The number of nitrogens with one attached hydrogen (secondary N) is 1. The van der Waals surface area contributed by atoms with Crippen LogP contribution >= 0.6 is 0 Å². The Morgan fingerprint density at radius 3 is 2.39 bits per heavy atom. The van der Waals surface area contributed by atoms with Crippen LogP contribution in [0.5, 0.6) is 0 Å². The van der Waals surface area contributed by atoms with E-state index >= 15 is 0 Å². The summed E-state index contributed by atoms with van der Waals surface area (Å²) in [6.07, 6.45) is -0.157. The summed E-state index contributed by atoms with van der Waals surface area (Å²) in [5.74, 6) is -1.44. The van der Waals surface area contributed by atoms with E-state index in [1.165, 1.54) is 31.2 Å². The molecule has 1 aliphatic carbocycles. The molecule has 0 unspecified atom stereocenters. The van der Waals surface area contributed by atoms with Gasteiger partial charge in [-0.05, 0) is 67.5 Å². The van der Waals surface area contributed by atoms with Crippen molar-refractivity contribution in [1.82, 2.24) is 19.9 Å². The van der Waals surface area contributed by atoms with Crippen LogP contribution in [0, 0.1) is 17.0 Å². The quantitative estimate of drug-likeness (QED) is 0.506. The number of hydrogen-bond acceptors (Lipinski definition) is 6. The lowest BCUT2D eigenvalue weighted by Gasteiger charge is -2.49. The number of benzene rings is 1. The van der Waals surface area contributed by atoms with E-state index < -0.39 is 38.6 Å². The first kappa shape index (κ1) is 26.2. The predicted octanol–water partition coefficient (Wildman–Crippen LogP) is 4.32. The van der Waals surface area contributed by atoms with Crippen molar-refractivity contribution in [3.05, 3.63) is 71.1 Å². The van der Waals surface area contributed by atoms with E-state index in [4.69, 9.17) is 0 Å². The summed E-state index contributed by atoms with van der Waals surface area (Å²) < 4.78 is 57.0. The lowest BCUT2D eigenvalue weighted by atomic mass is 9.54. The van der Waals surface area contributed by atoms with Crippen LogP contribution in [-0.4, -0.2) is 41.4 Å². The highest BCUT2D eigenvalue weighted by Gasteiger charge is 2.52. The van der Waals surface area contributed by atoms with Gasteiger partial charge in [-0.15, -0.1) is 5.10 Å². The average Bonchev–Trinajstić information content (AvgIpc) is 2.81. The van der Waals surface area contributed by atoms with Gasteiger partial charge in [-0.2, -0.15) is 5.10 Å². The monoisotopic (exact) mass is 516 g/mol. The molecule has 0 spiro atoms. The van der Waals surface area contributed by atoms with Gasteiger partial charge in [-0.25, -0.2) is 26.9 Å². The number of pyridine rings is 1. The molecule has 2 aromatic heterocycles. The highest BCUT2D eigenvalue weighted by Crippen LogP contribution is 2.56. The van der Waals surface area contributed by atoms with Crippen molar-refractivity contribution in [3.63, 3.8) is 0 Å². The molecule has 10 heteroatoms. The molecule has 192 valence electrons. The van der Waals surface area contributed by atoms with E-state index in [2.05, 4.69) is 33.8 Å². The summed E-state index contributed by atoms with van der Waals surface area (Å²) in [5.41, 5.74) is 0.453. The van der Waals surface area contributed by atoms with Crippen molar-refractivity contribution in [2.45, 2.75) is 63.5 Å². The maximum Gasteiger partial charge on any atom is 0.258 e. The Kier molecular flexibility index (Phi) is 6.74. The number of hydrogen-bond donors (Lipinski definition) is 2. The van der Waals surface area contributed by atoms with E-state index in [0.29, 0.717) is 17.8 Å². The van der Waals surface area contributed by atoms with Gasteiger partial charge in [0.05, 0.1) is 34.2 Å². The van der Waals surface area contributed by atoms with Crippen molar-refractivity contribution in [3.8, 4) is 11.3 Å². The first-order valence-corrected chi connectivity index (χ1v) is 13.2. The van der Waals surface area contributed by atoms with Gasteiger partial charge in [0.1, 0.15) is 11.6 Å². The molecule has 2 heterocycles. The molecule has 0 fully saturated rings. The van der Waals surface area contributed by atoms with Crippen molar-refractivity contribution in [1.29, 1.82) is 0 Å². The highest BCUT2D eigenvalue weighted by molar-refractivity contribution is 7.89. The lowest BCUT2D eigenvalue weighted by Crippen LogP contribution is -2.47. The van der Waals surface area contributed by atoms with E-state index in [1.807, 2.05) is 13.8 Å². The SMILES string of the molecule is C[C@@H]1CC(C)(C)[C@@](C)(c2cccc(S(=O)(=O)NC[C@@H](C)O)n2)c2nnc(-c3c(F)cccc3F)cc21. The Morgan fingerprint density at radius 1 is 1.11 bits per heavy atom. The second kappa shape index (κ2) is 9.24. The van der Waals surface area contributed by atoms with Crippen LogP contribution in [0.2, 0.25) is 0 Å². The van der Waals surface area contributed by atoms with Crippen LogP contribution < -0.4 is 4.72 Å². The number of aliphatic hydroxyl groups is 1. The van der Waals surface area contributed by atoms with E-state index in [1.54, 1.807) is 18.2 Å². The Hall–Kier alpha value is -2.82. The Morgan fingerprint density at radius 2 is 1.75 bits per heavy atom. The van der Waals surface area contributed by atoms with Crippen LogP contribution in [0.1, 0.15) is 63.9 Å². The molecule has 3 aromatic rings. The molecule has 1 aromatic carbocycles. The molecular formula is C26H30F2N4O3S. The van der Waals surface area contributed by atoms with Gasteiger partial charge in [0.2, 0.25) is 0 Å². The summed E-state index contributed by atoms with van der Waals surface area (Å²) in [7, 11) is -3.96. The minimum absolute atomic E-state index is 0.00628. The number of nitrogens with zero attached hydrogens (tertiary/aromatic N) is 3. The fraction of sp³-hybridized carbons (Fsp3) is 0.423. The third kappa shape index (κ3) is 4.42. The van der Waals surface area contributed by atoms with E-state index in [-0.39, 0.29) is 28.7 Å². The van der Waals surface area contributed by atoms with Crippen LogP contribution in [0.15, 0.2) is 47.5 Å². The molecule has 1 aliphatic rings. The van der Waals surface area contributed by atoms with Gasteiger partial charge in [0, 0.05) is 6.54 Å². The zero-order valence-corrected chi connectivity index (χ0v) is 21.7. The van der Waals surface area contributed by atoms with Crippen molar-refractivity contribution < 1.29 is 22.3 Å². The molecule has 36 heavy (non-hydrogen) atoms. The number of halogens is 2. The topological polar surface area (TPSA) is 105 Å². The van der Waals surface area contributed by atoms with Gasteiger partial charge in [0.25, 0.3) is 10.0 Å². The Labute approximate surface area is 210 Å². The largest absolute Gasteiger partial charge is 0.392 e. The first-order valence-electron chi connectivity index (χ1n) is 11.8. The maximum absolute atomic E-state index is 14.5. The van der Waals surface area contributed by atoms with E-state index in [9.17, 15) is 22.3 Å². The Bertz CT molecular complexity index is 1390. The molecule has 4 rings (SSSR count). The lowest BCUT2D eigenvalue weighted by molar-refractivity contribution is 0.158. The van der Waals surface area contributed by atoms with Crippen molar-refractivity contribution in [2.24, 2.45) is 5.41 Å². The second-order valence-electron chi connectivity index (χ2n) is 10.3. The van der Waals surface area contributed by atoms with Crippen LogP contribution in [0.4, 0.5) is 8.78 Å². The number of aromatic nitrogens is 3. The molecule has 0 amide bonds. The van der Waals surface area contributed by atoms with Crippen molar-refractivity contribution in [2.75, 3.05) is 6.54 Å². The second-order valence-corrected chi connectivity index (χ2v) is 12.0. The normalized spacial score (nSPS) is 22.2. The summed E-state index contributed by atoms with van der Waals surface area (Å²) in [6.45, 7) is 9.43. The minimum Gasteiger partial charge on any atom is -0.392 e. The summed E-state index contributed by atoms with van der Waals surface area (Å²) in [6, 6.07) is 10.1. The molecule has 2 N–H and O–H groups in total. The molecular weight excluding hydrogens is 486 g/mol. The van der Waals surface area contributed by atoms with Gasteiger partial charge in [-0.3, -0.25) is 0 Å². The Balaban J connectivity index is 1.87. The van der Waals surface area contributed by atoms with Gasteiger partial charge >= 0.3 is 0 Å². The van der Waals surface area contributed by atoms with Gasteiger partial charge in [-0.1, -0.05) is 32.9 Å². The molecule has 7 nitrogen and oxygen atoms in total. The number of rotatable bonds is 6. The molecule has 0 saturated heterocycles. The number of aliphatic hydroxyl groups excluding tert-OH is 1. The average molecular weight is 517 g/mol. The summed E-state index contributed by atoms with van der Waals surface area (Å²) in [5, 5.41) is 18.0. The smallest absolute Gasteiger partial charge is 0.258 e. The molecule has 0 aliphatic heterocycles. The molecule has 3 atom stereocenters. The molecule has 0 bridgehead atoms. The van der Waals surface area contributed by atoms with Crippen molar-refractivity contribution >= 4 is 10.0 Å². The number of fused-ring (bicyclic) bond motifs is 1. The minimum atomic E-state index is -3.96. The fourth-order valence-corrected chi connectivity index (χ4v) is 6.14. The zero-order chi connectivity index (χ0) is 26.5. The fourth-order valence-electron chi connectivity index (χ4n) is 5.05. The first-order chi connectivity index (χ1) is 16.8. The summed E-state index contributed by atoms with van der Waals surface area (Å²) in [4.78, 5) is 4.53. The van der Waals surface area contributed by atoms with E-state index in [0.717, 1.165) is 5.56 Å². The van der Waals surface area contributed by atoms with Crippen LogP contribution in [-0.2, 0) is 15.4 Å². The molecule has 0 radical (unpaired) electrons. The third-order valence-electron chi connectivity index (χ3n) is 7.30. The maximum atomic E-state index is 14.5. The summed E-state index contributed by atoms with van der Waals surface area (Å²) >= 11 is 0. The van der Waals surface area contributed by atoms with Crippen LogP contribution in [0.25, 0.3) is 11.3 Å².